The van der Waals surface area contributed by atoms with Gasteiger partial charge in [-0.25, -0.2) is 4.98 Å². The molecule has 2 aromatic heterocycles. The van der Waals surface area contributed by atoms with Gasteiger partial charge in [-0.2, -0.15) is 5.10 Å². The average Bonchev–Trinajstić information content (AvgIpc) is 2.88. The number of nitrogens with zero attached hydrogens (tertiary/aromatic N) is 3. The maximum atomic E-state index is 12.5. The minimum atomic E-state index is -0.267. The third kappa shape index (κ3) is 3.70. The van der Waals surface area contributed by atoms with Crippen molar-refractivity contribution in [3.63, 3.8) is 0 Å². The fraction of sp³-hybridized carbons (Fsp3) is 0.471. The molecule has 1 amide bonds. The van der Waals surface area contributed by atoms with Gasteiger partial charge in [0.25, 0.3) is 0 Å². The zero-order chi connectivity index (χ0) is 17.0. The van der Waals surface area contributed by atoms with Crippen molar-refractivity contribution in [2.75, 3.05) is 23.3 Å². The predicted octanol–water partition coefficient (Wildman–Crippen LogP) is 3.01. The van der Waals surface area contributed by atoms with Gasteiger partial charge in [-0.05, 0) is 46.8 Å². The molecule has 2 heterocycles. The average molecular weight is 315 g/mol. The van der Waals surface area contributed by atoms with Crippen LogP contribution in [0.15, 0.2) is 18.3 Å². The molecule has 124 valence electrons. The second-order valence-corrected chi connectivity index (χ2v) is 5.64. The number of rotatable bonds is 6. The Balaban J connectivity index is 2.08. The standard InChI is InChI=1S/C17H25N5O/c1-6-22(7-2)15-9-8-14(10-18-15)19-17(23)11(3)16-12(4)20-21-13(16)5/h8-11H,6-7H2,1-5H3,(H,19,23)(H,20,21)/t11-/m1/s1. The largest absolute Gasteiger partial charge is 0.357 e. The van der Waals surface area contributed by atoms with Crippen LogP contribution < -0.4 is 10.2 Å². The molecule has 0 aromatic carbocycles. The minimum Gasteiger partial charge on any atom is -0.357 e. The molecule has 0 saturated heterocycles. The smallest absolute Gasteiger partial charge is 0.231 e. The summed E-state index contributed by atoms with van der Waals surface area (Å²) in [5.41, 5.74) is 3.45. The van der Waals surface area contributed by atoms with Gasteiger partial charge in [-0.3, -0.25) is 9.89 Å². The molecule has 1 atom stereocenters. The van der Waals surface area contributed by atoms with Crippen LogP contribution in [0.5, 0.6) is 0 Å². The van der Waals surface area contributed by atoms with E-state index in [1.165, 1.54) is 0 Å². The second-order valence-electron chi connectivity index (χ2n) is 5.64. The first-order chi connectivity index (χ1) is 11.0. The quantitative estimate of drug-likeness (QED) is 0.859. The van der Waals surface area contributed by atoms with Crippen LogP contribution in [0, 0.1) is 13.8 Å². The third-order valence-electron chi connectivity index (χ3n) is 4.11. The molecule has 2 aromatic rings. The maximum absolute atomic E-state index is 12.5. The third-order valence-corrected chi connectivity index (χ3v) is 4.11. The lowest BCUT2D eigenvalue weighted by atomic mass is 9.98. The van der Waals surface area contributed by atoms with Gasteiger partial charge in [0, 0.05) is 24.3 Å². The van der Waals surface area contributed by atoms with Crippen molar-refractivity contribution >= 4 is 17.4 Å². The summed E-state index contributed by atoms with van der Waals surface area (Å²) in [7, 11) is 0. The van der Waals surface area contributed by atoms with E-state index < -0.39 is 0 Å². The highest BCUT2D eigenvalue weighted by Crippen LogP contribution is 2.23. The second kappa shape index (κ2) is 7.26. The van der Waals surface area contributed by atoms with Crippen molar-refractivity contribution in [3.05, 3.63) is 35.3 Å². The van der Waals surface area contributed by atoms with Crippen molar-refractivity contribution in [2.45, 2.75) is 40.5 Å². The van der Waals surface area contributed by atoms with Crippen LogP contribution in [0.25, 0.3) is 0 Å². The Labute approximate surface area is 137 Å². The van der Waals surface area contributed by atoms with Gasteiger partial charge in [-0.15, -0.1) is 0 Å². The van der Waals surface area contributed by atoms with Gasteiger partial charge in [0.2, 0.25) is 5.91 Å². The molecule has 0 aliphatic carbocycles. The van der Waals surface area contributed by atoms with Crippen molar-refractivity contribution < 1.29 is 4.79 Å². The lowest BCUT2D eigenvalue weighted by Gasteiger charge is -2.20. The molecule has 0 radical (unpaired) electrons. The lowest BCUT2D eigenvalue weighted by molar-refractivity contribution is -0.117. The molecule has 0 spiro atoms. The highest BCUT2D eigenvalue weighted by molar-refractivity contribution is 5.95. The van der Waals surface area contributed by atoms with Gasteiger partial charge >= 0.3 is 0 Å². The predicted molar refractivity (Wildman–Crippen MR) is 92.9 cm³/mol. The molecule has 0 aliphatic rings. The molecule has 6 heteroatoms. The number of hydrogen-bond acceptors (Lipinski definition) is 4. The Morgan fingerprint density at radius 1 is 1.30 bits per heavy atom. The molecule has 6 nitrogen and oxygen atoms in total. The summed E-state index contributed by atoms with van der Waals surface area (Å²) in [5, 5.41) is 10.0. The van der Waals surface area contributed by atoms with Crippen LogP contribution in [0.3, 0.4) is 0 Å². The highest BCUT2D eigenvalue weighted by atomic mass is 16.1. The first-order valence-corrected chi connectivity index (χ1v) is 8.01. The number of hydrogen-bond donors (Lipinski definition) is 2. The Hall–Kier alpha value is -2.37. The van der Waals surface area contributed by atoms with Crippen LogP contribution in [0.2, 0.25) is 0 Å². The van der Waals surface area contributed by atoms with Gasteiger partial charge < -0.3 is 10.2 Å². The number of carbonyl (C=O) groups is 1. The van der Waals surface area contributed by atoms with E-state index in [2.05, 4.69) is 39.2 Å². The van der Waals surface area contributed by atoms with E-state index in [-0.39, 0.29) is 11.8 Å². The number of anilines is 2. The van der Waals surface area contributed by atoms with Gasteiger partial charge in [0.05, 0.1) is 23.5 Å². The first-order valence-electron chi connectivity index (χ1n) is 8.01. The van der Waals surface area contributed by atoms with Gasteiger partial charge in [-0.1, -0.05) is 0 Å². The summed E-state index contributed by atoms with van der Waals surface area (Å²) in [5.74, 6) is 0.591. The molecule has 23 heavy (non-hydrogen) atoms. The van der Waals surface area contributed by atoms with E-state index in [0.717, 1.165) is 35.9 Å². The lowest BCUT2D eigenvalue weighted by Crippen LogP contribution is -2.23. The van der Waals surface area contributed by atoms with E-state index in [4.69, 9.17) is 0 Å². The number of aromatic amines is 1. The number of carbonyl (C=O) groups excluding carboxylic acids is 1. The molecular formula is C17H25N5O. The fourth-order valence-corrected chi connectivity index (χ4v) is 2.77. The summed E-state index contributed by atoms with van der Waals surface area (Å²) in [6.07, 6.45) is 1.70. The van der Waals surface area contributed by atoms with Gasteiger partial charge in [0.1, 0.15) is 5.82 Å². The molecule has 0 fully saturated rings. The van der Waals surface area contributed by atoms with Crippen LogP contribution >= 0.6 is 0 Å². The van der Waals surface area contributed by atoms with Crippen LogP contribution in [0.1, 0.15) is 43.6 Å². The molecular weight excluding hydrogens is 290 g/mol. The van der Waals surface area contributed by atoms with Crippen LogP contribution in [-0.2, 0) is 4.79 Å². The Bertz CT molecular complexity index is 639. The Kier molecular flexibility index (Phi) is 5.36. The molecule has 0 unspecified atom stereocenters. The van der Waals surface area contributed by atoms with Crippen LogP contribution in [-0.4, -0.2) is 34.2 Å². The normalized spacial score (nSPS) is 12.0. The Morgan fingerprint density at radius 3 is 2.48 bits per heavy atom. The number of H-pyrrole nitrogens is 1. The van der Waals surface area contributed by atoms with Crippen LogP contribution in [0.4, 0.5) is 11.5 Å². The number of aromatic nitrogens is 3. The van der Waals surface area contributed by atoms with E-state index in [1.807, 2.05) is 32.9 Å². The monoisotopic (exact) mass is 315 g/mol. The summed E-state index contributed by atoms with van der Waals surface area (Å²) in [4.78, 5) is 19.0. The molecule has 0 bridgehead atoms. The molecule has 0 aliphatic heterocycles. The topological polar surface area (TPSA) is 73.9 Å². The van der Waals surface area contributed by atoms with E-state index >= 15 is 0 Å². The summed E-state index contributed by atoms with van der Waals surface area (Å²) in [6.45, 7) is 11.7. The van der Waals surface area contributed by atoms with E-state index in [9.17, 15) is 4.79 Å². The maximum Gasteiger partial charge on any atom is 0.231 e. The number of aryl methyl sites for hydroxylation is 2. The summed E-state index contributed by atoms with van der Waals surface area (Å²) >= 11 is 0. The van der Waals surface area contributed by atoms with Crippen molar-refractivity contribution in [1.29, 1.82) is 0 Å². The van der Waals surface area contributed by atoms with Crippen molar-refractivity contribution in [2.24, 2.45) is 0 Å². The molecule has 0 saturated carbocycles. The fourth-order valence-electron chi connectivity index (χ4n) is 2.77. The zero-order valence-electron chi connectivity index (χ0n) is 14.5. The zero-order valence-corrected chi connectivity index (χ0v) is 14.5. The first kappa shape index (κ1) is 17.0. The summed E-state index contributed by atoms with van der Waals surface area (Å²) in [6, 6.07) is 3.82. The minimum absolute atomic E-state index is 0.0602. The number of nitrogens with one attached hydrogen (secondary N) is 2. The van der Waals surface area contributed by atoms with Crippen molar-refractivity contribution in [3.8, 4) is 0 Å². The van der Waals surface area contributed by atoms with Crippen molar-refractivity contribution in [1.82, 2.24) is 15.2 Å². The molecule has 2 rings (SSSR count). The summed E-state index contributed by atoms with van der Waals surface area (Å²) < 4.78 is 0. The Morgan fingerprint density at radius 2 is 2.00 bits per heavy atom. The SMILES string of the molecule is CCN(CC)c1ccc(NC(=O)[C@H](C)c2c(C)n[nH]c2C)cn1. The highest BCUT2D eigenvalue weighted by Gasteiger charge is 2.21. The number of amides is 1. The van der Waals surface area contributed by atoms with Gasteiger partial charge in [0.15, 0.2) is 0 Å². The van der Waals surface area contributed by atoms with E-state index in [0.29, 0.717) is 5.69 Å². The van der Waals surface area contributed by atoms with E-state index in [1.54, 1.807) is 6.20 Å². The number of pyridine rings is 1. The molecule has 2 N–H and O–H groups in total.